The zero-order valence-electron chi connectivity index (χ0n) is 20.1. The van der Waals surface area contributed by atoms with E-state index in [1.165, 1.54) is 11.1 Å². The van der Waals surface area contributed by atoms with Crippen molar-refractivity contribution in [1.82, 2.24) is 14.8 Å². The van der Waals surface area contributed by atoms with E-state index >= 15 is 0 Å². The molecule has 0 spiro atoms. The SMILES string of the molecule is COc1ccc(-c2ccc(CN3CCN(C(c4ccccc4)c4ccccc4)CC3)c(=O)[nH]2)cc1. The molecule has 4 aromatic rings. The lowest BCUT2D eigenvalue weighted by atomic mass is 9.96. The van der Waals surface area contributed by atoms with Gasteiger partial charge in [0.25, 0.3) is 5.56 Å². The lowest BCUT2D eigenvalue weighted by molar-refractivity contribution is 0.104. The van der Waals surface area contributed by atoms with Crippen LogP contribution in [0.4, 0.5) is 0 Å². The molecule has 0 saturated carbocycles. The smallest absolute Gasteiger partial charge is 0.252 e. The Morgan fingerprint density at radius 3 is 1.91 bits per heavy atom. The molecular weight excluding hydrogens is 434 g/mol. The molecule has 1 N–H and O–H groups in total. The molecule has 5 rings (SSSR count). The highest BCUT2D eigenvalue weighted by Crippen LogP contribution is 2.29. The van der Waals surface area contributed by atoms with E-state index in [1.54, 1.807) is 7.11 Å². The van der Waals surface area contributed by atoms with Gasteiger partial charge in [0.2, 0.25) is 0 Å². The van der Waals surface area contributed by atoms with E-state index < -0.39 is 0 Å². The van der Waals surface area contributed by atoms with E-state index in [0.29, 0.717) is 6.54 Å². The molecule has 2 heterocycles. The Morgan fingerprint density at radius 1 is 0.771 bits per heavy atom. The topological polar surface area (TPSA) is 48.6 Å². The molecule has 0 unspecified atom stereocenters. The van der Waals surface area contributed by atoms with Gasteiger partial charge in [-0.2, -0.15) is 0 Å². The second-order valence-corrected chi connectivity index (χ2v) is 8.99. The summed E-state index contributed by atoms with van der Waals surface area (Å²) in [6.07, 6.45) is 0. The van der Waals surface area contributed by atoms with Crippen LogP contribution in [0, 0.1) is 0 Å². The summed E-state index contributed by atoms with van der Waals surface area (Å²) in [5.74, 6) is 0.800. The number of methoxy groups -OCH3 is 1. The van der Waals surface area contributed by atoms with Gasteiger partial charge in [0, 0.05) is 44.0 Å². The Balaban J connectivity index is 1.26. The average molecular weight is 466 g/mol. The Morgan fingerprint density at radius 2 is 1.37 bits per heavy atom. The molecule has 5 heteroatoms. The number of pyridine rings is 1. The van der Waals surface area contributed by atoms with E-state index in [1.807, 2.05) is 36.4 Å². The Bertz CT molecular complexity index is 1240. The maximum Gasteiger partial charge on any atom is 0.252 e. The molecule has 1 aliphatic heterocycles. The van der Waals surface area contributed by atoms with E-state index in [9.17, 15) is 4.79 Å². The number of nitrogens with one attached hydrogen (secondary N) is 1. The first-order valence-electron chi connectivity index (χ1n) is 12.1. The Labute approximate surface area is 206 Å². The molecule has 0 radical (unpaired) electrons. The number of H-pyrrole nitrogens is 1. The first kappa shape index (κ1) is 23.1. The summed E-state index contributed by atoms with van der Waals surface area (Å²) in [6, 6.07) is 33.4. The zero-order valence-corrected chi connectivity index (χ0v) is 20.1. The molecule has 178 valence electrons. The summed E-state index contributed by atoms with van der Waals surface area (Å²) < 4.78 is 5.22. The highest BCUT2D eigenvalue weighted by atomic mass is 16.5. The van der Waals surface area contributed by atoms with Crippen LogP contribution in [0.25, 0.3) is 11.3 Å². The highest BCUT2D eigenvalue weighted by molar-refractivity contribution is 5.60. The van der Waals surface area contributed by atoms with Crippen molar-refractivity contribution in [3.63, 3.8) is 0 Å². The van der Waals surface area contributed by atoms with Gasteiger partial charge in [0.15, 0.2) is 0 Å². The fourth-order valence-corrected chi connectivity index (χ4v) is 4.87. The van der Waals surface area contributed by atoms with Crippen molar-refractivity contribution in [3.05, 3.63) is 124 Å². The average Bonchev–Trinajstić information content (AvgIpc) is 2.92. The molecule has 0 aliphatic carbocycles. The van der Waals surface area contributed by atoms with Crippen molar-refractivity contribution in [3.8, 4) is 17.0 Å². The fraction of sp³-hybridized carbons (Fsp3) is 0.233. The Kier molecular flexibility index (Phi) is 7.07. The standard InChI is InChI=1S/C30H31N3O2/c1-35-27-15-12-23(13-16-27)28-17-14-26(30(34)31-28)22-32-18-20-33(21-19-32)29(24-8-4-2-5-9-24)25-10-6-3-7-11-25/h2-17,29H,18-22H2,1H3,(H,31,34). The number of rotatable bonds is 7. The maximum atomic E-state index is 12.8. The lowest BCUT2D eigenvalue weighted by Crippen LogP contribution is -2.47. The summed E-state index contributed by atoms with van der Waals surface area (Å²) in [5.41, 5.74) is 5.21. The van der Waals surface area contributed by atoms with Gasteiger partial charge >= 0.3 is 0 Å². The molecule has 0 atom stereocenters. The van der Waals surface area contributed by atoms with Gasteiger partial charge in [-0.15, -0.1) is 0 Å². The van der Waals surface area contributed by atoms with E-state index in [-0.39, 0.29) is 11.6 Å². The van der Waals surface area contributed by atoms with Crippen LogP contribution in [-0.2, 0) is 6.54 Å². The molecule has 0 bridgehead atoms. The van der Waals surface area contributed by atoms with Gasteiger partial charge in [0.05, 0.1) is 13.2 Å². The predicted molar refractivity (Wildman–Crippen MR) is 141 cm³/mol. The predicted octanol–water partition coefficient (Wildman–Crippen LogP) is 4.96. The van der Waals surface area contributed by atoms with E-state index in [4.69, 9.17) is 4.74 Å². The summed E-state index contributed by atoms with van der Waals surface area (Å²) in [7, 11) is 1.65. The molecular formula is C30H31N3O2. The van der Waals surface area contributed by atoms with Crippen LogP contribution in [0.5, 0.6) is 5.75 Å². The summed E-state index contributed by atoms with van der Waals surface area (Å²) in [5, 5.41) is 0. The van der Waals surface area contributed by atoms with Gasteiger partial charge < -0.3 is 9.72 Å². The third-order valence-corrected chi connectivity index (χ3v) is 6.79. The van der Waals surface area contributed by atoms with Gasteiger partial charge in [-0.1, -0.05) is 66.7 Å². The molecule has 5 nitrogen and oxygen atoms in total. The number of aromatic nitrogens is 1. The number of piperazine rings is 1. The van der Waals surface area contributed by atoms with Crippen LogP contribution in [0.2, 0.25) is 0 Å². The minimum Gasteiger partial charge on any atom is -0.497 e. The van der Waals surface area contributed by atoms with Crippen molar-refractivity contribution < 1.29 is 4.74 Å². The quantitative estimate of drug-likeness (QED) is 0.419. The largest absolute Gasteiger partial charge is 0.497 e. The highest BCUT2D eigenvalue weighted by Gasteiger charge is 2.26. The van der Waals surface area contributed by atoms with Gasteiger partial charge in [-0.25, -0.2) is 0 Å². The molecule has 3 aromatic carbocycles. The van der Waals surface area contributed by atoms with Crippen molar-refractivity contribution in [2.45, 2.75) is 12.6 Å². The normalized spacial score (nSPS) is 14.8. The van der Waals surface area contributed by atoms with Crippen molar-refractivity contribution >= 4 is 0 Å². The molecule has 0 amide bonds. The van der Waals surface area contributed by atoms with Crippen molar-refractivity contribution in [1.29, 1.82) is 0 Å². The molecule has 1 saturated heterocycles. The van der Waals surface area contributed by atoms with Crippen LogP contribution in [0.1, 0.15) is 22.7 Å². The summed E-state index contributed by atoms with van der Waals surface area (Å²) in [6.45, 7) is 4.42. The number of ether oxygens (including phenoxy) is 1. The number of hydrogen-bond acceptors (Lipinski definition) is 4. The van der Waals surface area contributed by atoms with Crippen LogP contribution in [-0.4, -0.2) is 48.1 Å². The van der Waals surface area contributed by atoms with Crippen LogP contribution < -0.4 is 10.3 Å². The van der Waals surface area contributed by atoms with E-state index in [2.05, 4.69) is 75.4 Å². The molecule has 1 aromatic heterocycles. The minimum atomic E-state index is -0.0211. The first-order valence-corrected chi connectivity index (χ1v) is 12.1. The second-order valence-electron chi connectivity index (χ2n) is 8.99. The van der Waals surface area contributed by atoms with Gasteiger partial charge in [-0.3, -0.25) is 14.6 Å². The van der Waals surface area contributed by atoms with Crippen molar-refractivity contribution in [2.75, 3.05) is 33.3 Å². The number of nitrogens with zero attached hydrogens (tertiary/aromatic N) is 2. The van der Waals surface area contributed by atoms with Gasteiger partial charge in [0.1, 0.15) is 5.75 Å². The van der Waals surface area contributed by atoms with E-state index in [0.717, 1.165) is 48.7 Å². The monoisotopic (exact) mass is 465 g/mol. The third kappa shape index (κ3) is 5.37. The molecule has 35 heavy (non-hydrogen) atoms. The summed E-state index contributed by atoms with van der Waals surface area (Å²) in [4.78, 5) is 20.8. The first-order chi connectivity index (χ1) is 17.2. The number of benzene rings is 3. The zero-order chi connectivity index (χ0) is 24.0. The maximum absolute atomic E-state index is 12.8. The van der Waals surface area contributed by atoms with Crippen molar-refractivity contribution in [2.24, 2.45) is 0 Å². The van der Waals surface area contributed by atoms with Crippen LogP contribution in [0.3, 0.4) is 0 Å². The minimum absolute atomic E-state index is 0.0211. The lowest BCUT2D eigenvalue weighted by Gasteiger charge is -2.39. The van der Waals surface area contributed by atoms with Crippen LogP contribution >= 0.6 is 0 Å². The fourth-order valence-electron chi connectivity index (χ4n) is 4.87. The third-order valence-electron chi connectivity index (χ3n) is 6.79. The Hall–Kier alpha value is -3.67. The number of hydrogen-bond donors (Lipinski definition) is 1. The number of aromatic amines is 1. The second kappa shape index (κ2) is 10.7. The van der Waals surface area contributed by atoms with Gasteiger partial charge in [-0.05, 0) is 47.0 Å². The molecule has 1 aliphatic rings. The van der Waals surface area contributed by atoms with Crippen LogP contribution in [0.15, 0.2) is 102 Å². The molecule has 1 fully saturated rings. The summed E-state index contributed by atoms with van der Waals surface area (Å²) >= 11 is 0.